The predicted octanol–water partition coefficient (Wildman–Crippen LogP) is 7.14. The Bertz CT molecular complexity index is 1350. The number of carbonyl (C=O) groups excluding carboxylic acids is 1. The lowest BCUT2D eigenvalue weighted by atomic mass is 10.1. The molecule has 4 aromatic rings. The molecule has 0 unspecified atom stereocenters. The molecular weight excluding hydrogens is 595 g/mol. The number of halogens is 2. The van der Waals surface area contributed by atoms with Crippen LogP contribution in [0.2, 0.25) is 5.02 Å². The van der Waals surface area contributed by atoms with E-state index in [9.17, 15) is 4.79 Å². The Morgan fingerprint density at radius 2 is 1.91 bits per heavy atom. The van der Waals surface area contributed by atoms with Gasteiger partial charge in [-0.05, 0) is 82.8 Å². The Hall–Kier alpha value is -3.21. The molecule has 3 aromatic carbocycles. The van der Waals surface area contributed by atoms with Gasteiger partial charge in [0.25, 0.3) is 5.91 Å². The molecule has 1 aromatic heterocycles. The Labute approximate surface area is 225 Å². The molecule has 0 atom stereocenters. The summed E-state index contributed by atoms with van der Waals surface area (Å²) in [4.78, 5) is 17.1. The number of carbonyl (C=O) groups is 1. The second kappa shape index (κ2) is 12.0. The van der Waals surface area contributed by atoms with Gasteiger partial charge in [-0.3, -0.25) is 4.79 Å². The minimum atomic E-state index is -0.295. The van der Waals surface area contributed by atoms with Gasteiger partial charge >= 0.3 is 0 Å². The molecule has 0 aliphatic rings. The molecular formula is C26H20ClIN4O2S. The molecule has 0 spiro atoms. The Morgan fingerprint density at radius 1 is 1.14 bits per heavy atom. The molecule has 0 saturated heterocycles. The summed E-state index contributed by atoms with van der Waals surface area (Å²) < 4.78 is 6.51. The second-order valence-corrected chi connectivity index (χ2v) is 9.69. The summed E-state index contributed by atoms with van der Waals surface area (Å²) in [5.74, 6) is 0.483. The summed E-state index contributed by atoms with van der Waals surface area (Å²) in [5.41, 5.74) is 6.57. The zero-order chi connectivity index (χ0) is 24.6. The summed E-state index contributed by atoms with van der Waals surface area (Å²) in [7, 11) is 0. The fourth-order valence-electron chi connectivity index (χ4n) is 3.01. The molecule has 4 rings (SSSR count). The number of hydrogen-bond acceptors (Lipinski definition) is 6. The van der Waals surface area contributed by atoms with E-state index in [4.69, 9.17) is 16.3 Å². The maximum Gasteiger partial charge on any atom is 0.271 e. The van der Waals surface area contributed by atoms with E-state index in [-0.39, 0.29) is 5.91 Å². The third-order valence-corrected chi connectivity index (χ3v) is 6.59. The smallest absolute Gasteiger partial charge is 0.271 e. The standard InChI is InChI=1S/C26H20ClIN4O2S/c1-2-13-34-24-12-3-17(14-22(24)28)15-29-32-25(33)19-6-4-18(5-7-19)23-16-35-26(31-23)30-21-10-8-20(27)9-11-21/h2-12,14-16H,1,13H2,(H,30,31)(H,32,33)/b29-15-. The molecule has 1 heterocycles. The predicted molar refractivity (Wildman–Crippen MR) is 152 cm³/mol. The molecule has 0 aliphatic carbocycles. The summed E-state index contributed by atoms with van der Waals surface area (Å²) in [5, 5.41) is 10.7. The van der Waals surface area contributed by atoms with Crippen LogP contribution in [0, 0.1) is 3.57 Å². The number of thiazole rings is 1. The lowest BCUT2D eigenvalue weighted by molar-refractivity contribution is 0.0955. The normalized spacial score (nSPS) is 10.8. The van der Waals surface area contributed by atoms with E-state index in [1.165, 1.54) is 11.3 Å². The Morgan fingerprint density at radius 3 is 2.63 bits per heavy atom. The SMILES string of the molecule is C=CCOc1ccc(/C=N\NC(=O)c2ccc(-c3csc(Nc4ccc(Cl)cc4)n3)cc2)cc1I. The molecule has 0 fully saturated rings. The third-order valence-electron chi connectivity index (χ3n) is 4.73. The molecule has 176 valence electrons. The van der Waals surface area contributed by atoms with Crippen LogP contribution in [0.25, 0.3) is 11.3 Å². The van der Waals surface area contributed by atoms with E-state index in [0.717, 1.165) is 37.0 Å². The van der Waals surface area contributed by atoms with Crippen LogP contribution in [0.5, 0.6) is 5.75 Å². The number of hydrazone groups is 1. The average Bonchev–Trinajstić information content (AvgIpc) is 3.33. The van der Waals surface area contributed by atoms with Crippen molar-refractivity contribution in [3.8, 4) is 17.0 Å². The van der Waals surface area contributed by atoms with Crippen LogP contribution in [-0.4, -0.2) is 23.7 Å². The number of anilines is 2. The lowest BCUT2D eigenvalue weighted by Crippen LogP contribution is -2.17. The van der Waals surface area contributed by atoms with Crippen molar-refractivity contribution in [3.63, 3.8) is 0 Å². The van der Waals surface area contributed by atoms with Gasteiger partial charge < -0.3 is 10.1 Å². The van der Waals surface area contributed by atoms with E-state index >= 15 is 0 Å². The van der Waals surface area contributed by atoms with E-state index < -0.39 is 0 Å². The van der Waals surface area contributed by atoms with Crippen LogP contribution in [-0.2, 0) is 0 Å². The number of nitrogens with one attached hydrogen (secondary N) is 2. The van der Waals surface area contributed by atoms with Crippen molar-refractivity contribution in [1.82, 2.24) is 10.4 Å². The van der Waals surface area contributed by atoms with Gasteiger partial charge in [-0.25, -0.2) is 10.4 Å². The van der Waals surface area contributed by atoms with Crippen molar-refractivity contribution in [3.05, 3.63) is 104 Å². The van der Waals surface area contributed by atoms with Crippen molar-refractivity contribution in [2.24, 2.45) is 5.10 Å². The molecule has 0 bridgehead atoms. The molecule has 0 radical (unpaired) electrons. The maximum atomic E-state index is 12.5. The molecule has 35 heavy (non-hydrogen) atoms. The highest BCUT2D eigenvalue weighted by atomic mass is 127. The second-order valence-electron chi connectivity index (χ2n) is 7.24. The monoisotopic (exact) mass is 614 g/mol. The van der Waals surface area contributed by atoms with Gasteiger partial charge in [0.15, 0.2) is 5.13 Å². The van der Waals surface area contributed by atoms with Crippen LogP contribution in [0.1, 0.15) is 15.9 Å². The average molecular weight is 615 g/mol. The number of ether oxygens (including phenoxy) is 1. The number of aromatic nitrogens is 1. The highest BCUT2D eigenvalue weighted by molar-refractivity contribution is 14.1. The largest absolute Gasteiger partial charge is 0.488 e. The molecule has 0 saturated carbocycles. The first-order valence-corrected chi connectivity index (χ1v) is 12.8. The van der Waals surface area contributed by atoms with E-state index in [1.807, 2.05) is 60.0 Å². The molecule has 9 heteroatoms. The first-order chi connectivity index (χ1) is 17.0. The number of nitrogens with zero attached hydrogens (tertiary/aromatic N) is 2. The summed E-state index contributed by atoms with van der Waals surface area (Å²) >= 11 is 9.63. The Kier molecular flexibility index (Phi) is 8.51. The molecule has 1 amide bonds. The van der Waals surface area contributed by atoms with Gasteiger partial charge in [0, 0.05) is 27.2 Å². The topological polar surface area (TPSA) is 75.6 Å². The lowest BCUT2D eigenvalue weighted by Gasteiger charge is -2.06. The summed E-state index contributed by atoms with van der Waals surface area (Å²) in [6.07, 6.45) is 3.29. The minimum Gasteiger partial charge on any atom is -0.488 e. The molecule has 0 aliphatic heterocycles. The van der Waals surface area contributed by atoms with Crippen molar-refractivity contribution >= 4 is 68.5 Å². The van der Waals surface area contributed by atoms with E-state index in [1.54, 1.807) is 24.4 Å². The zero-order valence-electron chi connectivity index (χ0n) is 18.4. The van der Waals surface area contributed by atoms with Gasteiger partial charge in [-0.2, -0.15) is 5.10 Å². The fourth-order valence-corrected chi connectivity index (χ4v) is 4.57. The van der Waals surface area contributed by atoms with Crippen LogP contribution in [0.15, 0.2) is 89.9 Å². The number of hydrogen-bond donors (Lipinski definition) is 2. The first kappa shape index (κ1) is 24.9. The first-order valence-electron chi connectivity index (χ1n) is 10.5. The Balaban J connectivity index is 1.34. The van der Waals surface area contributed by atoms with E-state index in [2.05, 4.69) is 50.0 Å². The summed E-state index contributed by atoms with van der Waals surface area (Å²) in [6.45, 7) is 4.09. The van der Waals surface area contributed by atoms with Gasteiger partial charge in [0.2, 0.25) is 0 Å². The van der Waals surface area contributed by atoms with Crippen molar-refractivity contribution < 1.29 is 9.53 Å². The highest BCUT2D eigenvalue weighted by Gasteiger charge is 2.08. The molecule has 2 N–H and O–H groups in total. The van der Waals surface area contributed by atoms with Gasteiger partial charge in [-0.1, -0.05) is 36.4 Å². The van der Waals surface area contributed by atoms with Crippen molar-refractivity contribution in [2.45, 2.75) is 0 Å². The minimum absolute atomic E-state index is 0.295. The van der Waals surface area contributed by atoms with Crippen molar-refractivity contribution in [1.29, 1.82) is 0 Å². The number of rotatable bonds is 9. The highest BCUT2D eigenvalue weighted by Crippen LogP contribution is 2.28. The van der Waals surface area contributed by atoms with Crippen LogP contribution < -0.4 is 15.5 Å². The van der Waals surface area contributed by atoms with Gasteiger partial charge in [-0.15, -0.1) is 11.3 Å². The van der Waals surface area contributed by atoms with Gasteiger partial charge in [0.05, 0.1) is 15.5 Å². The molecule has 6 nitrogen and oxygen atoms in total. The van der Waals surface area contributed by atoms with E-state index in [0.29, 0.717) is 17.2 Å². The summed E-state index contributed by atoms with van der Waals surface area (Å²) in [6, 6.07) is 20.3. The number of benzene rings is 3. The maximum absolute atomic E-state index is 12.5. The van der Waals surface area contributed by atoms with Crippen LogP contribution in [0.3, 0.4) is 0 Å². The van der Waals surface area contributed by atoms with Crippen LogP contribution >= 0.6 is 45.5 Å². The van der Waals surface area contributed by atoms with Gasteiger partial charge in [0.1, 0.15) is 12.4 Å². The van der Waals surface area contributed by atoms with Crippen LogP contribution in [0.4, 0.5) is 10.8 Å². The quantitative estimate of drug-likeness (QED) is 0.0910. The fraction of sp³-hybridized carbons (Fsp3) is 0.0385. The third kappa shape index (κ3) is 6.91. The van der Waals surface area contributed by atoms with Crippen molar-refractivity contribution in [2.75, 3.05) is 11.9 Å². The zero-order valence-corrected chi connectivity index (χ0v) is 22.1. The number of amides is 1.